The first-order valence-electron chi connectivity index (χ1n) is 10.5. The molecule has 1 spiro atoms. The highest BCUT2D eigenvalue weighted by Crippen LogP contribution is 2.41. The number of likely N-dealkylation sites (tertiary alicyclic amines) is 1. The fourth-order valence-electron chi connectivity index (χ4n) is 4.79. The lowest BCUT2D eigenvalue weighted by Crippen LogP contribution is -2.62. The number of ether oxygens (including phenoxy) is 1. The van der Waals surface area contributed by atoms with Crippen LogP contribution >= 0.6 is 0 Å². The summed E-state index contributed by atoms with van der Waals surface area (Å²) in [5, 5.41) is 2.93. The number of fused-ring (bicyclic) bond motifs is 2. The highest BCUT2D eigenvalue weighted by molar-refractivity contribution is 5.89. The first kappa shape index (κ1) is 18.3. The van der Waals surface area contributed by atoms with Crippen LogP contribution < -0.4 is 5.32 Å². The third-order valence-corrected chi connectivity index (χ3v) is 6.67. The Balaban J connectivity index is 1.27. The minimum atomic E-state index is -0.608. The van der Waals surface area contributed by atoms with E-state index in [0.29, 0.717) is 45.6 Å². The van der Waals surface area contributed by atoms with Gasteiger partial charge >= 0.3 is 12.1 Å². The maximum atomic E-state index is 12.7. The second kappa shape index (κ2) is 6.93. The van der Waals surface area contributed by atoms with Gasteiger partial charge in [0, 0.05) is 57.2 Å². The van der Waals surface area contributed by atoms with Crippen molar-refractivity contribution in [2.75, 3.05) is 38.0 Å². The minimum Gasteiger partial charge on any atom is -0.440 e. The number of piperazine rings is 1. The van der Waals surface area contributed by atoms with Gasteiger partial charge < -0.3 is 19.9 Å². The number of nitrogens with zero attached hydrogens (tertiary/aromatic N) is 3. The van der Waals surface area contributed by atoms with Gasteiger partial charge in [-0.1, -0.05) is 18.2 Å². The van der Waals surface area contributed by atoms with Crippen molar-refractivity contribution in [2.24, 2.45) is 5.92 Å². The molecule has 1 unspecified atom stereocenters. The van der Waals surface area contributed by atoms with Crippen LogP contribution in [0.3, 0.4) is 0 Å². The van der Waals surface area contributed by atoms with Crippen LogP contribution in [0.4, 0.5) is 15.3 Å². The van der Waals surface area contributed by atoms with E-state index >= 15 is 0 Å². The molecule has 1 saturated carbocycles. The lowest BCUT2D eigenvalue weighted by atomic mass is 9.83. The van der Waals surface area contributed by atoms with E-state index in [-0.39, 0.29) is 30.0 Å². The molecule has 0 radical (unpaired) electrons. The molecular formula is C21H26N4O4. The van der Waals surface area contributed by atoms with E-state index in [2.05, 4.69) is 5.32 Å². The Bertz CT molecular complexity index is 817. The molecule has 154 valence electrons. The van der Waals surface area contributed by atoms with E-state index in [9.17, 15) is 14.4 Å². The van der Waals surface area contributed by atoms with Gasteiger partial charge in [-0.25, -0.2) is 9.59 Å². The number of hydrogen-bond donors (Lipinski definition) is 1. The van der Waals surface area contributed by atoms with Gasteiger partial charge in [0.1, 0.15) is 5.60 Å². The van der Waals surface area contributed by atoms with E-state index in [0.717, 1.165) is 18.5 Å². The maximum Gasteiger partial charge on any atom is 0.410 e. The zero-order valence-corrected chi connectivity index (χ0v) is 16.4. The van der Waals surface area contributed by atoms with Crippen LogP contribution in [-0.2, 0) is 9.53 Å². The Morgan fingerprint density at radius 2 is 1.72 bits per heavy atom. The second-order valence-electron chi connectivity index (χ2n) is 8.48. The zero-order valence-electron chi connectivity index (χ0n) is 16.4. The lowest BCUT2D eigenvalue weighted by Gasteiger charge is -2.45. The number of rotatable bonds is 2. The summed E-state index contributed by atoms with van der Waals surface area (Å²) in [5.74, 6) is 0.451. The molecule has 4 amide bonds. The van der Waals surface area contributed by atoms with Crippen LogP contribution in [0.2, 0.25) is 0 Å². The largest absolute Gasteiger partial charge is 0.440 e. The summed E-state index contributed by atoms with van der Waals surface area (Å²) in [6.07, 6.45) is 2.97. The molecule has 3 saturated heterocycles. The van der Waals surface area contributed by atoms with E-state index in [4.69, 9.17) is 4.74 Å². The number of nitrogens with one attached hydrogen (secondary N) is 1. The molecule has 3 aliphatic heterocycles. The molecule has 1 N–H and O–H groups in total. The summed E-state index contributed by atoms with van der Waals surface area (Å²) >= 11 is 0. The third kappa shape index (κ3) is 3.30. The van der Waals surface area contributed by atoms with Gasteiger partial charge in [-0.05, 0) is 25.0 Å². The molecule has 1 aromatic rings. The monoisotopic (exact) mass is 398 g/mol. The Labute approximate surface area is 169 Å². The lowest BCUT2D eigenvalue weighted by molar-refractivity contribution is -0.136. The van der Waals surface area contributed by atoms with E-state index in [1.54, 1.807) is 9.80 Å². The van der Waals surface area contributed by atoms with Crippen LogP contribution in [0.5, 0.6) is 0 Å². The van der Waals surface area contributed by atoms with Crippen LogP contribution in [0.1, 0.15) is 25.7 Å². The molecule has 29 heavy (non-hydrogen) atoms. The van der Waals surface area contributed by atoms with Gasteiger partial charge in [-0.15, -0.1) is 0 Å². The first-order valence-corrected chi connectivity index (χ1v) is 10.5. The number of hydrogen-bond acceptors (Lipinski definition) is 4. The van der Waals surface area contributed by atoms with Crippen molar-refractivity contribution >= 4 is 23.7 Å². The molecule has 4 fully saturated rings. The number of anilines is 1. The van der Waals surface area contributed by atoms with Gasteiger partial charge in [0.05, 0.1) is 6.04 Å². The Kier molecular flexibility index (Phi) is 4.37. The van der Waals surface area contributed by atoms with E-state index < -0.39 is 5.60 Å². The Morgan fingerprint density at radius 1 is 1.00 bits per heavy atom. The smallest absolute Gasteiger partial charge is 0.410 e. The summed E-state index contributed by atoms with van der Waals surface area (Å²) in [5.41, 5.74) is 0.142. The first-order chi connectivity index (χ1) is 14.1. The molecule has 1 aliphatic carbocycles. The Morgan fingerprint density at radius 3 is 2.41 bits per heavy atom. The summed E-state index contributed by atoms with van der Waals surface area (Å²) in [4.78, 5) is 43.1. The van der Waals surface area contributed by atoms with Crippen molar-refractivity contribution in [3.63, 3.8) is 0 Å². The standard InChI is InChI=1S/C21H26N4O4/c26-18(15-6-7-15)23-10-8-21(9-11-23)17-14-24(12-13-25(17)20(28)29-21)19(27)22-16-4-2-1-3-5-16/h1-5,15,17H,6-14H2,(H,22,27). The molecule has 0 bridgehead atoms. The number of urea groups is 1. The van der Waals surface area contributed by atoms with Crippen LogP contribution in [0.25, 0.3) is 0 Å². The van der Waals surface area contributed by atoms with E-state index in [1.807, 2.05) is 35.2 Å². The average molecular weight is 398 g/mol. The van der Waals surface area contributed by atoms with Crippen molar-refractivity contribution in [1.29, 1.82) is 0 Å². The zero-order chi connectivity index (χ0) is 20.0. The topological polar surface area (TPSA) is 82.2 Å². The summed E-state index contributed by atoms with van der Waals surface area (Å²) in [6.45, 7) is 2.62. The van der Waals surface area contributed by atoms with Crippen molar-refractivity contribution in [1.82, 2.24) is 14.7 Å². The number of piperidine rings is 1. The highest BCUT2D eigenvalue weighted by atomic mass is 16.6. The van der Waals surface area contributed by atoms with Gasteiger partial charge in [-0.3, -0.25) is 9.69 Å². The van der Waals surface area contributed by atoms with Crippen molar-refractivity contribution in [3.05, 3.63) is 30.3 Å². The molecule has 8 heteroatoms. The van der Waals surface area contributed by atoms with Crippen LogP contribution in [0.15, 0.2) is 30.3 Å². The summed E-state index contributed by atoms with van der Waals surface area (Å²) in [7, 11) is 0. The molecule has 5 rings (SSSR count). The highest BCUT2D eigenvalue weighted by Gasteiger charge is 2.57. The molecule has 4 aliphatic rings. The number of para-hydroxylation sites is 1. The second-order valence-corrected chi connectivity index (χ2v) is 8.48. The van der Waals surface area contributed by atoms with Gasteiger partial charge in [0.25, 0.3) is 0 Å². The minimum absolute atomic E-state index is 0.160. The van der Waals surface area contributed by atoms with Gasteiger partial charge in [0.15, 0.2) is 0 Å². The number of carbonyl (C=O) groups is 3. The quantitative estimate of drug-likeness (QED) is 0.827. The molecular weight excluding hydrogens is 372 g/mol. The SMILES string of the molecule is O=C(Nc1ccccc1)N1CCN2C(=O)OC3(CCN(C(=O)C4CC4)CC3)C2C1. The molecule has 1 aromatic carbocycles. The van der Waals surface area contributed by atoms with Gasteiger partial charge in [-0.2, -0.15) is 0 Å². The number of amides is 4. The van der Waals surface area contributed by atoms with Crippen molar-refractivity contribution in [2.45, 2.75) is 37.3 Å². The molecule has 1 atom stereocenters. The molecule has 3 heterocycles. The normalized spacial score (nSPS) is 25.6. The van der Waals surface area contributed by atoms with Crippen LogP contribution in [-0.4, -0.2) is 77.1 Å². The van der Waals surface area contributed by atoms with E-state index in [1.165, 1.54) is 0 Å². The van der Waals surface area contributed by atoms with Crippen LogP contribution in [0, 0.1) is 5.92 Å². The molecule has 8 nitrogen and oxygen atoms in total. The van der Waals surface area contributed by atoms with Crippen molar-refractivity contribution in [3.8, 4) is 0 Å². The fraction of sp³-hybridized carbons (Fsp3) is 0.571. The molecule has 0 aromatic heterocycles. The third-order valence-electron chi connectivity index (χ3n) is 6.67. The number of carbonyl (C=O) groups excluding carboxylic acids is 3. The predicted molar refractivity (Wildman–Crippen MR) is 105 cm³/mol. The van der Waals surface area contributed by atoms with Gasteiger partial charge in [0.2, 0.25) is 5.91 Å². The number of benzene rings is 1. The maximum absolute atomic E-state index is 12.7. The average Bonchev–Trinajstić information content (AvgIpc) is 3.56. The Hall–Kier alpha value is -2.77. The summed E-state index contributed by atoms with van der Waals surface area (Å²) in [6, 6.07) is 9.04. The predicted octanol–water partition coefficient (Wildman–Crippen LogP) is 2.13. The summed E-state index contributed by atoms with van der Waals surface area (Å²) < 4.78 is 5.88. The fourth-order valence-corrected chi connectivity index (χ4v) is 4.79. The van der Waals surface area contributed by atoms with Crippen molar-refractivity contribution < 1.29 is 19.1 Å².